The van der Waals surface area contributed by atoms with Gasteiger partial charge in [0.1, 0.15) is 4.88 Å². The van der Waals surface area contributed by atoms with Gasteiger partial charge >= 0.3 is 0 Å². The van der Waals surface area contributed by atoms with Crippen LogP contribution in [0.4, 0.5) is 0 Å². The normalized spacial score (nSPS) is 18.3. The van der Waals surface area contributed by atoms with E-state index in [9.17, 15) is 9.90 Å². The quantitative estimate of drug-likeness (QED) is 0.931. The highest BCUT2D eigenvalue weighted by Gasteiger charge is 2.26. The summed E-state index contributed by atoms with van der Waals surface area (Å²) in [6, 6.07) is 1.97. The van der Waals surface area contributed by atoms with Gasteiger partial charge in [0.2, 0.25) is 0 Å². The van der Waals surface area contributed by atoms with Gasteiger partial charge in [-0.15, -0.1) is 22.7 Å². The fourth-order valence-corrected chi connectivity index (χ4v) is 5.17. The van der Waals surface area contributed by atoms with Crippen LogP contribution in [0.2, 0.25) is 5.02 Å². The first-order valence-electron chi connectivity index (χ1n) is 6.91. The van der Waals surface area contributed by atoms with E-state index in [4.69, 9.17) is 11.6 Å². The van der Waals surface area contributed by atoms with Crippen molar-refractivity contribution < 1.29 is 9.90 Å². The fraction of sp³-hybridized carbons (Fsp3) is 0.500. The maximum Gasteiger partial charge on any atom is 0.265 e. The number of amides is 1. The molecule has 0 aromatic carbocycles. The van der Waals surface area contributed by atoms with Crippen LogP contribution in [0.15, 0.2) is 11.4 Å². The van der Waals surface area contributed by atoms with Crippen LogP contribution in [0.3, 0.4) is 0 Å². The first kappa shape index (κ1) is 15.2. The van der Waals surface area contributed by atoms with Crippen molar-refractivity contribution in [3.05, 3.63) is 21.3 Å². The van der Waals surface area contributed by atoms with E-state index in [1.54, 1.807) is 18.3 Å². The molecule has 7 heteroatoms. The molecule has 1 aliphatic heterocycles. The van der Waals surface area contributed by atoms with Crippen LogP contribution < -0.4 is 0 Å². The van der Waals surface area contributed by atoms with Gasteiger partial charge in [0, 0.05) is 38.1 Å². The number of fused-ring (bicyclic) bond motifs is 1. The molecule has 21 heavy (non-hydrogen) atoms. The van der Waals surface area contributed by atoms with Gasteiger partial charge in [0.15, 0.2) is 0 Å². The summed E-state index contributed by atoms with van der Waals surface area (Å²) in [6.45, 7) is 5.43. The van der Waals surface area contributed by atoms with E-state index in [0.29, 0.717) is 29.5 Å². The number of carbonyl (C=O) groups is 1. The molecular weight excluding hydrogens is 328 g/mol. The Hall–Kier alpha value is -0.660. The molecule has 0 spiro atoms. The van der Waals surface area contributed by atoms with Crippen molar-refractivity contribution in [3.8, 4) is 0 Å². The third-order valence-corrected chi connectivity index (χ3v) is 6.37. The molecule has 1 atom stereocenters. The molecule has 1 aliphatic rings. The molecule has 1 saturated heterocycles. The van der Waals surface area contributed by atoms with Crippen LogP contribution in [0.25, 0.3) is 9.40 Å². The molecule has 0 aliphatic carbocycles. The molecule has 3 heterocycles. The lowest BCUT2D eigenvalue weighted by Gasteiger charge is -2.35. The molecule has 1 N–H and O–H groups in total. The molecule has 0 bridgehead atoms. The second-order valence-electron chi connectivity index (χ2n) is 5.31. The highest BCUT2D eigenvalue weighted by atomic mass is 35.5. The zero-order chi connectivity index (χ0) is 15.0. The Kier molecular flexibility index (Phi) is 4.51. The van der Waals surface area contributed by atoms with E-state index in [0.717, 1.165) is 22.5 Å². The molecule has 4 nitrogen and oxygen atoms in total. The Labute approximate surface area is 136 Å². The zero-order valence-electron chi connectivity index (χ0n) is 11.7. The van der Waals surface area contributed by atoms with Crippen molar-refractivity contribution in [1.82, 2.24) is 9.80 Å². The Morgan fingerprint density at radius 1 is 1.43 bits per heavy atom. The summed E-state index contributed by atoms with van der Waals surface area (Å²) in [5, 5.41) is 13.0. The number of nitrogens with zero attached hydrogens (tertiary/aromatic N) is 2. The van der Waals surface area contributed by atoms with Gasteiger partial charge in [-0.1, -0.05) is 11.6 Å². The highest BCUT2D eigenvalue weighted by Crippen LogP contribution is 2.39. The minimum absolute atomic E-state index is 0.0325. The second kappa shape index (κ2) is 6.22. The number of hydrogen-bond donors (Lipinski definition) is 1. The van der Waals surface area contributed by atoms with Crippen molar-refractivity contribution in [2.75, 3.05) is 32.7 Å². The number of thiophene rings is 2. The van der Waals surface area contributed by atoms with Crippen LogP contribution in [-0.4, -0.2) is 59.6 Å². The highest BCUT2D eigenvalue weighted by molar-refractivity contribution is 7.38. The third-order valence-electron chi connectivity index (χ3n) is 3.64. The second-order valence-corrected chi connectivity index (χ2v) is 7.88. The van der Waals surface area contributed by atoms with Crippen LogP contribution in [0.5, 0.6) is 0 Å². The Morgan fingerprint density at radius 3 is 2.76 bits per heavy atom. The van der Waals surface area contributed by atoms with E-state index < -0.39 is 0 Å². The summed E-state index contributed by atoms with van der Waals surface area (Å²) >= 11 is 9.44. The lowest BCUT2D eigenvalue weighted by molar-refractivity contribution is 0.0558. The number of hydrogen-bond acceptors (Lipinski definition) is 5. The number of piperazine rings is 1. The van der Waals surface area contributed by atoms with E-state index in [1.165, 1.54) is 11.3 Å². The fourth-order valence-electron chi connectivity index (χ4n) is 2.59. The number of β-amino-alcohol motifs (C(OH)–C–C–N with tert-alkyl or cyclic N) is 1. The van der Waals surface area contributed by atoms with Gasteiger partial charge in [-0.25, -0.2) is 0 Å². The number of aliphatic hydroxyl groups is 1. The van der Waals surface area contributed by atoms with Crippen molar-refractivity contribution in [1.29, 1.82) is 0 Å². The predicted molar refractivity (Wildman–Crippen MR) is 88.7 cm³/mol. The zero-order valence-corrected chi connectivity index (χ0v) is 14.1. The number of carbonyl (C=O) groups excluding carboxylic acids is 1. The van der Waals surface area contributed by atoms with Gasteiger partial charge < -0.3 is 10.0 Å². The monoisotopic (exact) mass is 344 g/mol. The summed E-state index contributed by atoms with van der Waals surface area (Å²) in [4.78, 5) is 17.3. The molecule has 1 amide bonds. The average molecular weight is 345 g/mol. The Balaban J connectivity index is 1.69. The molecule has 2 aromatic rings. The SMILES string of the molecule is C[C@H](O)CN1CCN(C(=O)c2sc3sccc3c2Cl)CC1. The minimum Gasteiger partial charge on any atom is -0.392 e. The first-order chi connectivity index (χ1) is 10.1. The lowest BCUT2D eigenvalue weighted by atomic mass is 10.2. The minimum atomic E-state index is -0.328. The van der Waals surface area contributed by atoms with Crippen LogP contribution in [-0.2, 0) is 0 Å². The maximum absolute atomic E-state index is 12.6. The first-order valence-corrected chi connectivity index (χ1v) is 8.99. The van der Waals surface area contributed by atoms with Gasteiger partial charge in [-0.2, -0.15) is 0 Å². The van der Waals surface area contributed by atoms with Crippen LogP contribution in [0, 0.1) is 0 Å². The lowest BCUT2D eigenvalue weighted by Crippen LogP contribution is -2.50. The van der Waals surface area contributed by atoms with Gasteiger partial charge in [-0.05, 0) is 18.4 Å². The Morgan fingerprint density at radius 2 is 2.14 bits per heavy atom. The summed E-state index contributed by atoms with van der Waals surface area (Å²) in [5.74, 6) is 0.0325. The van der Waals surface area contributed by atoms with E-state index >= 15 is 0 Å². The summed E-state index contributed by atoms with van der Waals surface area (Å²) in [6.07, 6.45) is -0.328. The molecule has 1 fully saturated rings. The Bertz CT molecular complexity index is 644. The molecule has 0 saturated carbocycles. The van der Waals surface area contributed by atoms with Crippen LogP contribution in [0.1, 0.15) is 16.6 Å². The number of halogens is 1. The molecular formula is C14H17ClN2O2S2. The molecule has 2 aromatic heterocycles. The average Bonchev–Trinajstić information content (AvgIpc) is 3.02. The van der Waals surface area contributed by atoms with E-state index in [-0.39, 0.29) is 12.0 Å². The predicted octanol–water partition coefficient (Wildman–Crippen LogP) is 2.75. The van der Waals surface area contributed by atoms with Gasteiger partial charge in [0.25, 0.3) is 5.91 Å². The van der Waals surface area contributed by atoms with Crippen LogP contribution >= 0.6 is 34.3 Å². The third kappa shape index (κ3) is 3.10. The summed E-state index contributed by atoms with van der Waals surface area (Å²) in [5.41, 5.74) is 0. The molecule has 114 valence electrons. The molecule has 0 radical (unpaired) electrons. The smallest absolute Gasteiger partial charge is 0.265 e. The topological polar surface area (TPSA) is 43.8 Å². The van der Waals surface area contributed by atoms with Crippen molar-refractivity contribution >= 4 is 49.6 Å². The van der Waals surface area contributed by atoms with Gasteiger partial charge in [0.05, 0.1) is 15.1 Å². The number of rotatable bonds is 3. The number of aliphatic hydroxyl groups excluding tert-OH is 1. The largest absolute Gasteiger partial charge is 0.392 e. The van der Waals surface area contributed by atoms with Gasteiger partial charge in [-0.3, -0.25) is 9.69 Å². The van der Waals surface area contributed by atoms with E-state index in [1.807, 2.05) is 16.3 Å². The van der Waals surface area contributed by atoms with E-state index in [2.05, 4.69) is 4.90 Å². The van der Waals surface area contributed by atoms with Crippen molar-refractivity contribution in [2.24, 2.45) is 0 Å². The van der Waals surface area contributed by atoms with Crippen molar-refractivity contribution in [2.45, 2.75) is 13.0 Å². The molecule has 0 unspecified atom stereocenters. The molecule has 3 rings (SSSR count). The maximum atomic E-state index is 12.6. The standard InChI is InChI=1S/C14H17ClN2O2S2/c1-9(18)8-16-3-5-17(6-4-16)13(19)12-11(15)10-2-7-20-14(10)21-12/h2,7,9,18H,3-6,8H2,1H3/t9-/m0/s1. The summed E-state index contributed by atoms with van der Waals surface area (Å²) in [7, 11) is 0. The van der Waals surface area contributed by atoms with Crippen molar-refractivity contribution in [3.63, 3.8) is 0 Å². The summed E-state index contributed by atoms with van der Waals surface area (Å²) < 4.78 is 1.11.